The maximum atomic E-state index is 10.8. The van der Waals surface area contributed by atoms with Crippen LogP contribution in [0.3, 0.4) is 0 Å². The normalized spacial score (nSPS) is 15.9. The van der Waals surface area contributed by atoms with Gasteiger partial charge in [-0.25, -0.2) is 0 Å². The minimum Gasteiger partial charge on any atom is -0.397 e. The molecule has 4 N–H and O–H groups in total. The lowest BCUT2D eigenvalue weighted by molar-refractivity contribution is -0.383. The number of ether oxygens (including phenoxy) is 1. The minimum absolute atomic E-state index is 0.110. The van der Waals surface area contributed by atoms with Crippen LogP contribution in [0.1, 0.15) is 0 Å². The number of nitrogens with zero attached hydrogens (tertiary/aromatic N) is 2. The van der Waals surface area contributed by atoms with Gasteiger partial charge >= 0.3 is 0 Å². The Morgan fingerprint density at radius 2 is 1.94 bits per heavy atom. The lowest BCUT2D eigenvalue weighted by Crippen LogP contribution is -2.37. The van der Waals surface area contributed by atoms with Crippen LogP contribution in [0, 0.1) is 10.1 Å². The number of anilines is 3. The maximum Gasteiger partial charge on any atom is 0.294 e. The average molecular weight is 238 g/mol. The van der Waals surface area contributed by atoms with Crippen molar-refractivity contribution < 1.29 is 9.66 Å². The van der Waals surface area contributed by atoms with Crippen molar-refractivity contribution in [3.63, 3.8) is 0 Å². The van der Waals surface area contributed by atoms with E-state index in [-0.39, 0.29) is 11.4 Å². The molecule has 0 aliphatic carbocycles. The Labute approximate surface area is 98.1 Å². The monoisotopic (exact) mass is 238 g/mol. The fraction of sp³-hybridized carbons (Fsp3) is 0.400. The van der Waals surface area contributed by atoms with E-state index in [9.17, 15) is 10.1 Å². The number of rotatable bonds is 2. The van der Waals surface area contributed by atoms with E-state index in [1.165, 1.54) is 12.1 Å². The van der Waals surface area contributed by atoms with E-state index in [1.807, 2.05) is 4.90 Å². The maximum absolute atomic E-state index is 10.8. The number of nitro benzene ring substituents is 1. The first-order valence-electron chi connectivity index (χ1n) is 5.26. The zero-order chi connectivity index (χ0) is 12.4. The molecule has 0 bridgehead atoms. The smallest absolute Gasteiger partial charge is 0.294 e. The predicted molar refractivity (Wildman–Crippen MR) is 65.0 cm³/mol. The van der Waals surface area contributed by atoms with Gasteiger partial charge in [0, 0.05) is 19.2 Å². The number of hydrogen-bond donors (Lipinski definition) is 2. The highest BCUT2D eigenvalue weighted by atomic mass is 16.6. The lowest BCUT2D eigenvalue weighted by Gasteiger charge is -2.30. The molecular weight excluding hydrogens is 224 g/mol. The Bertz CT molecular complexity index is 443. The van der Waals surface area contributed by atoms with E-state index in [4.69, 9.17) is 16.2 Å². The van der Waals surface area contributed by atoms with Gasteiger partial charge in [-0.3, -0.25) is 10.1 Å². The van der Waals surface area contributed by atoms with Crippen LogP contribution in [-0.4, -0.2) is 31.2 Å². The molecule has 1 aliphatic rings. The summed E-state index contributed by atoms with van der Waals surface area (Å²) >= 11 is 0. The molecular formula is C10H14N4O3. The standard InChI is InChI=1S/C10H14N4O3/c11-7-1-2-8(14(15)16)9(12)10(7)13-3-5-17-6-4-13/h1-2H,3-6,11-12H2. The van der Waals surface area contributed by atoms with E-state index in [2.05, 4.69) is 0 Å². The first kappa shape index (κ1) is 11.5. The Morgan fingerprint density at radius 1 is 1.29 bits per heavy atom. The molecule has 0 unspecified atom stereocenters. The van der Waals surface area contributed by atoms with Crippen molar-refractivity contribution in [1.29, 1.82) is 0 Å². The molecule has 7 nitrogen and oxygen atoms in total. The first-order valence-corrected chi connectivity index (χ1v) is 5.26. The summed E-state index contributed by atoms with van der Waals surface area (Å²) in [5, 5.41) is 10.8. The molecule has 1 aromatic rings. The minimum atomic E-state index is -0.501. The summed E-state index contributed by atoms with van der Waals surface area (Å²) in [5.41, 5.74) is 12.7. The van der Waals surface area contributed by atoms with Gasteiger partial charge in [0.25, 0.3) is 5.69 Å². The Hall–Kier alpha value is -2.02. The second kappa shape index (κ2) is 4.46. The van der Waals surface area contributed by atoms with Crippen molar-refractivity contribution in [3.8, 4) is 0 Å². The molecule has 0 amide bonds. The Kier molecular flexibility index (Phi) is 3.01. The van der Waals surface area contributed by atoms with Gasteiger partial charge in [-0.05, 0) is 6.07 Å². The Balaban J connectivity index is 2.43. The highest BCUT2D eigenvalue weighted by molar-refractivity contribution is 5.86. The van der Waals surface area contributed by atoms with Crippen LogP contribution in [0.25, 0.3) is 0 Å². The molecule has 1 fully saturated rings. The van der Waals surface area contributed by atoms with E-state index < -0.39 is 4.92 Å². The number of morpholine rings is 1. The molecule has 0 atom stereocenters. The van der Waals surface area contributed by atoms with Crippen LogP contribution in [0.5, 0.6) is 0 Å². The van der Waals surface area contributed by atoms with Gasteiger partial charge in [0.05, 0.1) is 29.5 Å². The van der Waals surface area contributed by atoms with Gasteiger partial charge in [-0.1, -0.05) is 0 Å². The quantitative estimate of drug-likeness (QED) is 0.443. The van der Waals surface area contributed by atoms with E-state index >= 15 is 0 Å². The zero-order valence-corrected chi connectivity index (χ0v) is 9.26. The van der Waals surface area contributed by atoms with Crippen LogP contribution in [0.2, 0.25) is 0 Å². The third kappa shape index (κ3) is 2.09. The van der Waals surface area contributed by atoms with Gasteiger partial charge in [-0.15, -0.1) is 0 Å². The summed E-state index contributed by atoms with van der Waals surface area (Å²) in [4.78, 5) is 12.2. The molecule has 0 spiro atoms. The Morgan fingerprint density at radius 3 is 2.53 bits per heavy atom. The second-order valence-electron chi connectivity index (χ2n) is 3.79. The third-order valence-corrected chi connectivity index (χ3v) is 2.75. The number of nitrogens with two attached hydrogens (primary N) is 2. The highest BCUT2D eigenvalue weighted by Gasteiger charge is 2.22. The first-order chi connectivity index (χ1) is 8.11. The largest absolute Gasteiger partial charge is 0.397 e. The molecule has 0 saturated carbocycles. The van der Waals surface area contributed by atoms with Crippen molar-refractivity contribution in [1.82, 2.24) is 0 Å². The van der Waals surface area contributed by atoms with Crippen molar-refractivity contribution >= 4 is 22.7 Å². The molecule has 1 aromatic carbocycles. The zero-order valence-electron chi connectivity index (χ0n) is 9.26. The summed E-state index contributed by atoms with van der Waals surface area (Å²) < 4.78 is 5.22. The molecule has 1 saturated heterocycles. The second-order valence-corrected chi connectivity index (χ2v) is 3.79. The molecule has 1 aliphatic heterocycles. The van der Waals surface area contributed by atoms with E-state index in [0.29, 0.717) is 37.7 Å². The SMILES string of the molecule is Nc1ccc([N+](=O)[O-])c(N)c1N1CCOCC1. The molecule has 17 heavy (non-hydrogen) atoms. The van der Waals surface area contributed by atoms with E-state index in [0.717, 1.165) is 0 Å². The topological polar surface area (TPSA) is 108 Å². The van der Waals surface area contributed by atoms with Crippen LogP contribution in [-0.2, 0) is 4.74 Å². The summed E-state index contributed by atoms with van der Waals surface area (Å²) in [5.74, 6) is 0. The van der Waals surface area contributed by atoms with Crippen LogP contribution >= 0.6 is 0 Å². The van der Waals surface area contributed by atoms with Crippen molar-refractivity contribution in [2.45, 2.75) is 0 Å². The van der Waals surface area contributed by atoms with Gasteiger partial charge in [0.15, 0.2) is 0 Å². The molecule has 0 aromatic heterocycles. The average Bonchev–Trinajstić information content (AvgIpc) is 2.30. The molecule has 7 heteroatoms. The fourth-order valence-corrected chi connectivity index (χ4v) is 1.91. The van der Waals surface area contributed by atoms with Gasteiger partial charge in [0.1, 0.15) is 5.69 Å². The van der Waals surface area contributed by atoms with Crippen LogP contribution < -0.4 is 16.4 Å². The number of nitro groups is 1. The van der Waals surface area contributed by atoms with Crippen molar-refractivity contribution in [3.05, 3.63) is 22.2 Å². The number of hydrogen-bond acceptors (Lipinski definition) is 6. The van der Waals surface area contributed by atoms with Crippen molar-refractivity contribution in [2.24, 2.45) is 0 Å². The molecule has 0 radical (unpaired) electrons. The van der Waals surface area contributed by atoms with Crippen LogP contribution in [0.4, 0.5) is 22.7 Å². The fourth-order valence-electron chi connectivity index (χ4n) is 1.91. The van der Waals surface area contributed by atoms with Gasteiger partial charge < -0.3 is 21.1 Å². The van der Waals surface area contributed by atoms with Gasteiger partial charge in [-0.2, -0.15) is 0 Å². The van der Waals surface area contributed by atoms with Crippen molar-refractivity contribution in [2.75, 3.05) is 42.7 Å². The summed E-state index contributed by atoms with van der Waals surface area (Å²) in [6, 6.07) is 2.84. The number of nitrogen functional groups attached to an aromatic ring is 2. The predicted octanol–water partition coefficient (Wildman–Crippen LogP) is 0.596. The lowest BCUT2D eigenvalue weighted by atomic mass is 10.1. The molecule has 1 heterocycles. The van der Waals surface area contributed by atoms with Crippen LogP contribution in [0.15, 0.2) is 12.1 Å². The summed E-state index contributed by atoms with van der Waals surface area (Å²) in [7, 11) is 0. The third-order valence-electron chi connectivity index (χ3n) is 2.75. The molecule has 92 valence electrons. The highest BCUT2D eigenvalue weighted by Crippen LogP contribution is 2.37. The summed E-state index contributed by atoms with van der Waals surface area (Å²) in [6.07, 6.45) is 0. The molecule has 2 rings (SSSR count). The van der Waals surface area contributed by atoms with E-state index in [1.54, 1.807) is 0 Å². The summed E-state index contributed by atoms with van der Waals surface area (Å²) in [6.45, 7) is 2.41. The van der Waals surface area contributed by atoms with Gasteiger partial charge in [0.2, 0.25) is 0 Å². The number of benzene rings is 1.